The van der Waals surface area contributed by atoms with E-state index >= 15 is 0 Å². The molecule has 0 atom stereocenters. The lowest BCUT2D eigenvalue weighted by molar-refractivity contribution is -0.135. The van der Waals surface area contributed by atoms with Crippen molar-refractivity contribution in [3.05, 3.63) is 30.0 Å². The number of nitrogens with one attached hydrogen (secondary N) is 1. The Morgan fingerprint density at radius 1 is 1.30 bits per heavy atom. The fourth-order valence-electron chi connectivity index (χ4n) is 3.12. The van der Waals surface area contributed by atoms with Crippen LogP contribution in [0.4, 0.5) is 0 Å². The molecule has 1 aliphatic heterocycles. The van der Waals surface area contributed by atoms with E-state index in [1.54, 1.807) is 0 Å². The van der Waals surface area contributed by atoms with Crippen LogP contribution in [0.1, 0.15) is 18.4 Å². The second-order valence-corrected chi connectivity index (χ2v) is 6.50. The molecule has 2 heterocycles. The zero-order chi connectivity index (χ0) is 16.2. The standard InChI is InChI=1S/C18H25N3O2/c1-20(2)11-8-14-12-19-15-6-5-7-16(18(14)15)23-17(22)13-21-9-3-4-10-21/h5-7,12,19H,3-4,8-11,13H2,1-2H3. The minimum Gasteiger partial charge on any atom is -0.425 e. The Bertz CT molecular complexity index is 672. The summed E-state index contributed by atoms with van der Waals surface area (Å²) in [6, 6.07) is 5.83. The maximum Gasteiger partial charge on any atom is 0.325 e. The highest BCUT2D eigenvalue weighted by atomic mass is 16.5. The molecular formula is C18H25N3O2. The molecule has 0 amide bonds. The van der Waals surface area contributed by atoms with Gasteiger partial charge in [-0.2, -0.15) is 0 Å². The third-order valence-corrected chi connectivity index (χ3v) is 4.35. The number of nitrogens with zero attached hydrogens (tertiary/aromatic N) is 2. The van der Waals surface area contributed by atoms with E-state index in [0.717, 1.165) is 37.0 Å². The van der Waals surface area contributed by atoms with Crippen molar-refractivity contribution in [3.63, 3.8) is 0 Å². The van der Waals surface area contributed by atoms with E-state index in [4.69, 9.17) is 4.74 Å². The van der Waals surface area contributed by atoms with Gasteiger partial charge in [0.1, 0.15) is 5.75 Å². The van der Waals surface area contributed by atoms with Crippen LogP contribution in [0.15, 0.2) is 24.4 Å². The zero-order valence-corrected chi connectivity index (χ0v) is 14.0. The van der Waals surface area contributed by atoms with Crippen molar-refractivity contribution in [2.45, 2.75) is 19.3 Å². The lowest BCUT2D eigenvalue weighted by Crippen LogP contribution is -2.29. The molecule has 0 radical (unpaired) electrons. The predicted octanol–water partition coefficient (Wildman–Crippen LogP) is 2.27. The Morgan fingerprint density at radius 2 is 2.09 bits per heavy atom. The molecule has 2 aromatic rings. The van der Waals surface area contributed by atoms with Crippen molar-refractivity contribution in [1.82, 2.24) is 14.8 Å². The number of aromatic nitrogens is 1. The van der Waals surface area contributed by atoms with E-state index in [9.17, 15) is 4.79 Å². The predicted molar refractivity (Wildman–Crippen MR) is 91.9 cm³/mol. The largest absolute Gasteiger partial charge is 0.425 e. The van der Waals surface area contributed by atoms with Crippen molar-refractivity contribution in [2.24, 2.45) is 0 Å². The highest BCUT2D eigenvalue weighted by Gasteiger charge is 2.18. The smallest absolute Gasteiger partial charge is 0.325 e. The fourth-order valence-corrected chi connectivity index (χ4v) is 3.12. The fraction of sp³-hybridized carbons (Fsp3) is 0.500. The minimum atomic E-state index is -0.167. The molecule has 1 N–H and O–H groups in total. The zero-order valence-electron chi connectivity index (χ0n) is 14.0. The van der Waals surface area contributed by atoms with Crippen LogP contribution in [0.25, 0.3) is 10.9 Å². The van der Waals surface area contributed by atoms with Gasteiger partial charge in [0.2, 0.25) is 0 Å². The van der Waals surface area contributed by atoms with Crippen molar-refractivity contribution in [1.29, 1.82) is 0 Å². The lowest BCUT2D eigenvalue weighted by Gasteiger charge is -2.14. The van der Waals surface area contributed by atoms with E-state index in [1.807, 2.05) is 24.4 Å². The number of carbonyl (C=O) groups is 1. The highest BCUT2D eigenvalue weighted by Crippen LogP contribution is 2.29. The summed E-state index contributed by atoms with van der Waals surface area (Å²) in [7, 11) is 4.12. The second kappa shape index (κ2) is 7.15. The van der Waals surface area contributed by atoms with E-state index in [1.165, 1.54) is 18.4 Å². The van der Waals surface area contributed by atoms with Crippen LogP contribution in [0.3, 0.4) is 0 Å². The van der Waals surface area contributed by atoms with E-state index in [0.29, 0.717) is 12.3 Å². The van der Waals surface area contributed by atoms with Gasteiger partial charge in [0.25, 0.3) is 0 Å². The molecule has 1 aromatic carbocycles. The Kier molecular flexibility index (Phi) is 4.98. The molecule has 3 rings (SSSR count). The Morgan fingerprint density at radius 3 is 2.83 bits per heavy atom. The number of ether oxygens (including phenoxy) is 1. The van der Waals surface area contributed by atoms with Gasteiger partial charge in [-0.05, 0) is 64.1 Å². The number of fused-ring (bicyclic) bond motifs is 1. The second-order valence-electron chi connectivity index (χ2n) is 6.50. The molecule has 1 saturated heterocycles. The highest BCUT2D eigenvalue weighted by molar-refractivity contribution is 5.91. The maximum absolute atomic E-state index is 12.2. The van der Waals surface area contributed by atoms with Gasteiger partial charge in [0.05, 0.1) is 6.54 Å². The number of H-pyrrole nitrogens is 1. The number of aromatic amines is 1. The first-order valence-electron chi connectivity index (χ1n) is 8.30. The number of carbonyl (C=O) groups excluding carboxylic acids is 1. The third-order valence-electron chi connectivity index (χ3n) is 4.35. The summed E-state index contributed by atoms with van der Waals surface area (Å²) >= 11 is 0. The van der Waals surface area contributed by atoms with E-state index in [-0.39, 0.29) is 5.97 Å². The molecule has 5 heteroatoms. The molecule has 0 saturated carbocycles. The molecule has 0 unspecified atom stereocenters. The van der Waals surface area contributed by atoms with E-state index in [2.05, 4.69) is 28.9 Å². The monoisotopic (exact) mass is 315 g/mol. The van der Waals surface area contributed by atoms with Gasteiger partial charge < -0.3 is 14.6 Å². The molecule has 0 aliphatic carbocycles. The maximum atomic E-state index is 12.2. The summed E-state index contributed by atoms with van der Waals surface area (Å²) in [5.74, 6) is 0.501. The number of hydrogen-bond donors (Lipinski definition) is 1. The Balaban J connectivity index is 1.76. The van der Waals surface area contributed by atoms with Gasteiger partial charge in [-0.15, -0.1) is 0 Å². The average Bonchev–Trinajstić information content (AvgIpc) is 3.15. The SMILES string of the molecule is CN(C)CCc1c[nH]c2cccc(OC(=O)CN3CCCC3)c12. The first kappa shape index (κ1) is 16.0. The lowest BCUT2D eigenvalue weighted by atomic mass is 10.1. The molecule has 1 fully saturated rings. The average molecular weight is 315 g/mol. The van der Waals surface area contributed by atoms with Crippen molar-refractivity contribution in [3.8, 4) is 5.75 Å². The number of rotatable bonds is 6. The summed E-state index contributed by atoms with van der Waals surface area (Å²) in [5.41, 5.74) is 2.21. The molecule has 124 valence electrons. The van der Waals surface area contributed by atoms with Gasteiger partial charge in [-0.3, -0.25) is 9.69 Å². The van der Waals surface area contributed by atoms with Crippen molar-refractivity contribution in [2.75, 3.05) is 40.3 Å². The molecule has 1 aromatic heterocycles. The van der Waals surface area contributed by atoms with Crippen LogP contribution < -0.4 is 4.74 Å². The number of likely N-dealkylation sites (tertiary alicyclic amines) is 1. The van der Waals surface area contributed by atoms with Crippen LogP contribution in [0.5, 0.6) is 5.75 Å². The summed E-state index contributed by atoms with van der Waals surface area (Å²) in [4.78, 5) is 19.8. The van der Waals surface area contributed by atoms with Gasteiger partial charge in [-0.1, -0.05) is 6.07 Å². The Hall–Kier alpha value is -1.85. The first-order valence-corrected chi connectivity index (χ1v) is 8.30. The van der Waals surface area contributed by atoms with Crippen LogP contribution in [0.2, 0.25) is 0 Å². The molecule has 0 bridgehead atoms. The van der Waals surface area contributed by atoms with Gasteiger partial charge in [0, 0.05) is 23.6 Å². The molecule has 1 aliphatic rings. The van der Waals surface area contributed by atoms with Crippen molar-refractivity contribution >= 4 is 16.9 Å². The van der Waals surface area contributed by atoms with Gasteiger partial charge >= 0.3 is 5.97 Å². The number of likely N-dealkylation sites (N-methyl/N-ethyl adjacent to an activating group) is 1. The van der Waals surface area contributed by atoms with Crippen LogP contribution in [-0.4, -0.2) is 61.0 Å². The minimum absolute atomic E-state index is 0.167. The molecule has 23 heavy (non-hydrogen) atoms. The number of hydrogen-bond acceptors (Lipinski definition) is 4. The normalized spacial score (nSPS) is 15.6. The molecule has 5 nitrogen and oxygen atoms in total. The summed E-state index contributed by atoms with van der Waals surface area (Å²) < 4.78 is 5.68. The first-order chi connectivity index (χ1) is 11.1. The summed E-state index contributed by atoms with van der Waals surface area (Å²) in [6.07, 6.45) is 5.30. The van der Waals surface area contributed by atoms with E-state index < -0.39 is 0 Å². The molecular weight excluding hydrogens is 290 g/mol. The molecule has 0 spiro atoms. The van der Waals surface area contributed by atoms with Crippen LogP contribution in [-0.2, 0) is 11.2 Å². The van der Waals surface area contributed by atoms with Gasteiger partial charge in [0.15, 0.2) is 0 Å². The van der Waals surface area contributed by atoms with Crippen LogP contribution >= 0.6 is 0 Å². The number of benzene rings is 1. The quantitative estimate of drug-likeness (QED) is 0.656. The Labute approximate surface area is 137 Å². The topological polar surface area (TPSA) is 48.6 Å². The summed E-state index contributed by atoms with van der Waals surface area (Å²) in [5, 5.41) is 1.03. The van der Waals surface area contributed by atoms with Crippen LogP contribution in [0, 0.1) is 0 Å². The summed E-state index contributed by atoms with van der Waals surface area (Å²) in [6.45, 7) is 3.34. The van der Waals surface area contributed by atoms with Crippen molar-refractivity contribution < 1.29 is 9.53 Å². The van der Waals surface area contributed by atoms with Gasteiger partial charge in [-0.25, -0.2) is 0 Å². The number of esters is 1. The third kappa shape index (κ3) is 3.92.